The third-order valence-electron chi connectivity index (χ3n) is 3.01. The summed E-state index contributed by atoms with van der Waals surface area (Å²) >= 11 is 1.64. The molecule has 0 amide bonds. The van der Waals surface area contributed by atoms with Crippen molar-refractivity contribution in [3.63, 3.8) is 0 Å². The number of thiazole rings is 1. The van der Waals surface area contributed by atoms with Gasteiger partial charge >= 0.3 is 0 Å². The first-order valence-electron chi connectivity index (χ1n) is 5.32. The van der Waals surface area contributed by atoms with Gasteiger partial charge < -0.3 is 0 Å². The number of nitrogens with two attached hydrogens (primary N) is 1. The lowest BCUT2D eigenvalue weighted by molar-refractivity contribution is 0.524. The first kappa shape index (κ1) is 10.6. The maximum atomic E-state index is 5.34. The average Bonchev–Trinajstić information content (AvgIpc) is 2.70. The Kier molecular flexibility index (Phi) is 3.07. The van der Waals surface area contributed by atoms with Crippen LogP contribution in [-0.2, 0) is 0 Å². The standard InChI is InChI=1S/C11H17N3S/c1-7-3-4-8(2)9(5-7)10-6-13-11(14-12)15-10/h6-7H,3-5,12H2,1-2H3,(H,13,14). The SMILES string of the molecule is CC1=C(c2cnc(NN)s2)CC(C)CC1. The van der Waals surface area contributed by atoms with Gasteiger partial charge in [0.05, 0.1) is 4.88 Å². The third kappa shape index (κ3) is 2.21. The van der Waals surface area contributed by atoms with Gasteiger partial charge in [-0.3, -0.25) is 5.43 Å². The zero-order chi connectivity index (χ0) is 10.8. The summed E-state index contributed by atoms with van der Waals surface area (Å²) in [5.74, 6) is 6.13. The summed E-state index contributed by atoms with van der Waals surface area (Å²) < 4.78 is 0. The van der Waals surface area contributed by atoms with Crippen LogP contribution in [0.4, 0.5) is 5.13 Å². The van der Waals surface area contributed by atoms with Crippen LogP contribution in [0.2, 0.25) is 0 Å². The Bertz CT molecular complexity index is 381. The fraction of sp³-hybridized carbons (Fsp3) is 0.545. The summed E-state index contributed by atoms with van der Waals surface area (Å²) in [4.78, 5) is 5.49. The average molecular weight is 223 g/mol. The summed E-state index contributed by atoms with van der Waals surface area (Å²) in [6.45, 7) is 4.55. The highest BCUT2D eigenvalue weighted by Gasteiger charge is 2.18. The highest BCUT2D eigenvalue weighted by molar-refractivity contribution is 7.16. The quantitative estimate of drug-likeness (QED) is 0.598. The monoisotopic (exact) mass is 223 g/mol. The number of aromatic nitrogens is 1. The normalized spacial score (nSPS) is 21.9. The number of hydrazine groups is 1. The summed E-state index contributed by atoms with van der Waals surface area (Å²) in [6, 6.07) is 0. The molecule has 0 fully saturated rings. The van der Waals surface area contributed by atoms with Crippen molar-refractivity contribution >= 4 is 22.0 Å². The van der Waals surface area contributed by atoms with Crippen LogP contribution in [0.5, 0.6) is 0 Å². The molecule has 82 valence electrons. The Balaban J connectivity index is 2.28. The molecule has 1 atom stereocenters. The lowest BCUT2D eigenvalue weighted by atomic mass is 9.85. The van der Waals surface area contributed by atoms with E-state index in [1.807, 2.05) is 6.20 Å². The Morgan fingerprint density at radius 3 is 3.07 bits per heavy atom. The van der Waals surface area contributed by atoms with Crippen molar-refractivity contribution in [2.75, 3.05) is 5.43 Å². The largest absolute Gasteiger partial charge is 0.300 e. The van der Waals surface area contributed by atoms with E-state index in [-0.39, 0.29) is 0 Å². The van der Waals surface area contributed by atoms with E-state index in [1.165, 1.54) is 35.3 Å². The molecule has 1 aliphatic rings. The van der Waals surface area contributed by atoms with Crippen LogP contribution in [0, 0.1) is 5.92 Å². The van der Waals surface area contributed by atoms with Crippen molar-refractivity contribution in [3.05, 3.63) is 16.6 Å². The summed E-state index contributed by atoms with van der Waals surface area (Å²) in [5, 5.41) is 0.795. The second-order valence-electron chi connectivity index (χ2n) is 4.28. The third-order valence-corrected chi connectivity index (χ3v) is 3.99. The van der Waals surface area contributed by atoms with Crippen molar-refractivity contribution < 1.29 is 0 Å². The molecule has 1 heterocycles. The van der Waals surface area contributed by atoms with Gasteiger partial charge in [0, 0.05) is 6.20 Å². The van der Waals surface area contributed by atoms with E-state index in [1.54, 1.807) is 11.3 Å². The van der Waals surface area contributed by atoms with Crippen molar-refractivity contribution in [3.8, 4) is 0 Å². The van der Waals surface area contributed by atoms with Crippen molar-refractivity contribution in [2.45, 2.75) is 33.1 Å². The van der Waals surface area contributed by atoms with E-state index in [2.05, 4.69) is 24.3 Å². The molecule has 1 aromatic rings. The fourth-order valence-corrected chi connectivity index (χ4v) is 2.89. The van der Waals surface area contributed by atoms with Crippen molar-refractivity contribution in [2.24, 2.45) is 11.8 Å². The molecule has 2 rings (SSSR count). The maximum Gasteiger partial charge on any atom is 0.197 e. The highest BCUT2D eigenvalue weighted by Crippen LogP contribution is 2.38. The number of hydrogen-bond acceptors (Lipinski definition) is 4. The lowest BCUT2D eigenvalue weighted by Gasteiger charge is -2.22. The molecule has 1 unspecified atom stereocenters. The molecule has 1 aromatic heterocycles. The van der Waals surface area contributed by atoms with E-state index < -0.39 is 0 Å². The number of nitrogen functional groups attached to an aromatic ring is 1. The molecule has 3 nitrogen and oxygen atoms in total. The molecule has 4 heteroatoms. The van der Waals surface area contributed by atoms with E-state index >= 15 is 0 Å². The zero-order valence-corrected chi connectivity index (χ0v) is 10.0. The minimum atomic E-state index is 0.792. The number of rotatable bonds is 2. The van der Waals surface area contributed by atoms with Crippen LogP contribution in [0.3, 0.4) is 0 Å². The van der Waals surface area contributed by atoms with Crippen LogP contribution in [0.1, 0.15) is 38.0 Å². The summed E-state index contributed by atoms with van der Waals surface area (Å²) in [5.41, 5.74) is 5.59. The second-order valence-corrected chi connectivity index (χ2v) is 5.31. The molecule has 3 N–H and O–H groups in total. The van der Waals surface area contributed by atoms with Crippen molar-refractivity contribution in [1.29, 1.82) is 0 Å². The van der Waals surface area contributed by atoms with Crippen LogP contribution < -0.4 is 11.3 Å². The van der Waals surface area contributed by atoms with Gasteiger partial charge in [0.15, 0.2) is 5.13 Å². The molecule has 0 saturated carbocycles. The van der Waals surface area contributed by atoms with E-state index in [0.717, 1.165) is 11.0 Å². The summed E-state index contributed by atoms with van der Waals surface area (Å²) in [7, 11) is 0. The minimum absolute atomic E-state index is 0.792. The number of allylic oxidation sites excluding steroid dienone is 2. The van der Waals surface area contributed by atoms with Crippen LogP contribution in [-0.4, -0.2) is 4.98 Å². The smallest absolute Gasteiger partial charge is 0.197 e. The Morgan fingerprint density at radius 1 is 1.60 bits per heavy atom. The van der Waals surface area contributed by atoms with Gasteiger partial charge in [-0.05, 0) is 37.7 Å². The van der Waals surface area contributed by atoms with Crippen molar-refractivity contribution in [1.82, 2.24) is 4.98 Å². The summed E-state index contributed by atoms with van der Waals surface area (Å²) in [6.07, 6.45) is 5.64. The number of nitrogens with one attached hydrogen (secondary N) is 1. The number of anilines is 1. The van der Waals surface area contributed by atoms with Gasteiger partial charge in [0.2, 0.25) is 0 Å². The minimum Gasteiger partial charge on any atom is -0.300 e. The fourth-order valence-electron chi connectivity index (χ4n) is 2.03. The number of hydrogen-bond donors (Lipinski definition) is 2. The molecule has 1 aliphatic carbocycles. The van der Waals surface area contributed by atoms with E-state index in [4.69, 9.17) is 5.84 Å². The molecule has 15 heavy (non-hydrogen) atoms. The number of nitrogens with zero attached hydrogens (tertiary/aromatic N) is 1. The molecule has 0 radical (unpaired) electrons. The Morgan fingerprint density at radius 2 is 2.40 bits per heavy atom. The van der Waals surface area contributed by atoms with Gasteiger partial charge in [-0.1, -0.05) is 23.8 Å². The first-order valence-corrected chi connectivity index (χ1v) is 6.13. The topological polar surface area (TPSA) is 50.9 Å². The van der Waals surface area contributed by atoms with E-state index in [0.29, 0.717) is 0 Å². The Hall–Kier alpha value is -0.870. The van der Waals surface area contributed by atoms with Crippen LogP contribution in [0.25, 0.3) is 5.57 Å². The van der Waals surface area contributed by atoms with Crippen LogP contribution in [0.15, 0.2) is 11.8 Å². The maximum absolute atomic E-state index is 5.34. The second kappa shape index (κ2) is 4.33. The molecule has 0 aromatic carbocycles. The molecule has 0 bridgehead atoms. The van der Waals surface area contributed by atoms with Gasteiger partial charge in [-0.2, -0.15) is 0 Å². The molecule has 0 spiro atoms. The predicted octanol–water partition coefficient (Wildman–Crippen LogP) is 3.02. The lowest BCUT2D eigenvalue weighted by Crippen LogP contribution is -2.05. The molecular formula is C11H17N3S. The Labute approximate surface area is 94.4 Å². The predicted molar refractivity (Wildman–Crippen MR) is 65.5 cm³/mol. The van der Waals surface area contributed by atoms with Gasteiger partial charge in [0.25, 0.3) is 0 Å². The zero-order valence-electron chi connectivity index (χ0n) is 9.21. The highest BCUT2D eigenvalue weighted by atomic mass is 32.1. The van der Waals surface area contributed by atoms with Gasteiger partial charge in [0.1, 0.15) is 0 Å². The van der Waals surface area contributed by atoms with Gasteiger partial charge in [-0.15, -0.1) is 0 Å². The molecule has 0 saturated heterocycles. The first-order chi connectivity index (χ1) is 7.20. The van der Waals surface area contributed by atoms with Crippen LogP contribution >= 0.6 is 11.3 Å². The van der Waals surface area contributed by atoms with E-state index in [9.17, 15) is 0 Å². The molecule has 0 aliphatic heterocycles. The van der Waals surface area contributed by atoms with Gasteiger partial charge in [-0.25, -0.2) is 10.8 Å². The molecular weight excluding hydrogens is 206 g/mol.